The van der Waals surface area contributed by atoms with Crippen LogP contribution in [-0.2, 0) is 6.54 Å². The second-order valence-electron chi connectivity index (χ2n) is 8.13. The summed E-state index contributed by atoms with van der Waals surface area (Å²) in [4.78, 5) is 23.9. The number of hydrogen-bond donors (Lipinski definition) is 1. The maximum Gasteiger partial charge on any atom is 0.341 e. The van der Waals surface area contributed by atoms with Crippen molar-refractivity contribution >= 4 is 17.6 Å². The second-order valence-corrected chi connectivity index (χ2v) is 8.57. The van der Waals surface area contributed by atoms with Gasteiger partial charge in [0.2, 0.25) is 0 Å². The molecule has 0 bridgehead atoms. The Morgan fingerprint density at radius 1 is 1.18 bits per heavy atom. The molecule has 0 saturated carbocycles. The summed E-state index contributed by atoms with van der Waals surface area (Å²) in [5.74, 6) is -1.21. The van der Waals surface area contributed by atoms with Gasteiger partial charge < -0.3 is 9.67 Å². The van der Waals surface area contributed by atoms with Crippen LogP contribution in [0.25, 0.3) is 22.6 Å². The molecule has 0 radical (unpaired) electrons. The molecular weight excluding hydrogens is 378 g/mol. The predicted molar refractivity (Wildman–Crippen MR) is 108 cm³/mol. The van der Waals surface area contributed by atoms with E-state index in [4.69, 9.17) is 16.7 Å². The van der Waals surface area contributed by atoms with Crippen LogP contribution in [0.3, 0.4) is 0 Å². The molecule has 3 heterocycles. The molecule has 6 nitrogen and oxygen atoms in total. The van der Waals surface area contributed by atoms with Gasteiger partial charge in [-0.2, -0.15) is 5.10 Å². The van der Waals surface area contributed by atoms with Gasteiger partial charge in [-0.1, -0.05) is 44.5 Å². The maximum atomic E-state index is 12.4. The van der Waals surface area contributed by atoms with E-state index in [0.29, 0.717) is 17.3 Å². The van der Waals surface area contributed by atoms with E-state index in [0.717, 1.165) is 17.0 Å². The summed E-state index contributed by atoms with van der Waals surface area (Å²) in [6, 6.07) is 10.7. The zero-order valence-electron chi connectivity index (χ0n) is 15.8. The standard InChI is InChI=1S/C21H20ClN3O3/c1-21(2,3)19-11-25-17(8-15(23-25)12-4-6-13(22)7-5-12)16-9-18(26)14(20(27)28)10-24(16)19/h4-10,19H,11H2,1-3H3,(H,27,28)/t19-/m0/s1. The summed E-state index contributed by atoms with van der Waals surface area (Å²) < 4.78 is 3.81. The maximum absolute atomic E-state index is 12.4. The minimum Gasteiger partial charge on any atom is -0.477 e. The Bertz CT molecular complexity index is 1140. The number of benzene rings is 1. The Morgan fingerprint density at radius 2 is 1.86 bits per heavy atom. The first-order valence-electron chi connectivity index (χ1n) is 8.99. The number of carbonyl (C=O) groups is 1. The highest BCUT2D eigenvalue weighted by Gasteiger charge is 2.34. The molecule has 144 valence electrons. The molecule has 1 atom stereocenters. The fourth-order valence-electron chi connectivity index (χ4n) is 3.64. The zero-order valence-corrected chi connectivity index (χ0v) is 16.6. The lowest BCUT2D eigenvalue weighted by atomic mass is 9.85. The lowest BCUT2D eigenvalue weighted by Gasteiger charge is -2.38. The number of aromatic carboxylic acids is 1. The van der Waals surface area contributed by atoms with Crippen LogP contribution in [0.2, 0.25) is 5.02 Å². The smallest absolute Gasteiger partial charge is 0.341 e. The van der Waals surface area contributed by atoms with E-state index < -0.39 is 11.4 Å². The minimum atomic E-state index is -1.21. The third kappa shape index (κ3) is 3.03. The number of nitrogens with zero attached hydrogens (tertiary/aromatic N) is 3. The van der Waals surface area contributed by atoms with Crippen molar-refractivity contribution in [3.05, 3.63) is 63.4 Å². The van der Waals surface area contributed by atoms with Crippen LogP contribution < -0.4 is 5.43 Å². The number of halogens is 1. The van der Waals surface area contributed by atoms with Gasteiger partial charge in [-0.25, -0.2) is 4.79 Å². The number of rotatable bonds is 2. The molecule has 1 N–H and O–H groups in total. The molecule has 0 aliphatic carbocycles. The first-order chi connectivity index (χ1) is 13.1. The van der Waals surface area contributed by atoms with Gasteiger partial charge in [-0.05, 0) is 23.6 Å². The van der Waals surface area contributed by atoms with Crippen LogP contribution in [0.1, 0.15) is 37.2 Å². The zero-order chi connectivity index (χ0) is 20.2. The van der Waals surface area contributed by atoms with Crippen molar-refractivity contribution in [2.75, 3.05) is 0 Å². The summed E-state index contributed by atoms with van der Waals surface area (Å²) in [5.41, 5.74) is 2.28. The largest absolute Gasteiger partial charge is 0.477 e. The Morgan fingerprint density at radius 3 is 2.46 bits per heavy atom. The number of aromatic nitrogens is 3. The third-order valence-corrected chi connectivity index (χ3v) is 5.43. The number of fused-ring (bicyclic) bond motifs is 3. The van der Waals surface area contributed by atoms with Crippen molar-refractivity contribution in [2.24, 2.45) is 5.41 Å². The molecule has 1 aliphatic heterocycles. The normalized spacial score (nSPS) is 15.8. The first-order valence-corrected chi connectivity index (χ1v) is 9.36. The summed E-state index contributed by atoms with van der Waals surface area (Å²) in [7, 11) is 0. The Hall–Kier alpha value is -2.86. The van der Waals surface area contributed by atoms with Crippen LogP contribution in [-0.4, -0.2) is 25.4 Å². The van der Waals surface area contributed by atoms with Gasteiger partial charge in [-0.15, -0.1) is 0 Å². The molecule has 4 rings (SSSR count). The van der Waals surface area contributed by atoms with E-state index >= 15 is 0 Å². The van der Waals surface area contributed by atoms with Crippen molar-refractivity contribution in [3.8, 4) is 22.6 Å². The van der Waals surface area contributed by atoms with Crippen molar-refractivity contribution in [3.63, 3.8) is 0 Å². The predicted octanol–water partition coefficient (Wildman–Crippen LogP) is 4.33. The Labute approximate surface area is 167 Å². The molecule has 0 unspecified atom stereocenters. The topological polar surface area (TPSA) is 77.1 Å². The van der Waals surface area contributed by atoms with Gasteiger partial charge in [-0.3, -0.25) is 9.48 Å². The minimum absolute atomic E-state index is 0.0494. The monoisotopic (exact) mass is 397 g/mol. The molecule has 0 fully saturated rings. The molecule has 2 aromatic heterocycles. The average molecular weight is 398 g/mol. The molecule has 1 aromatic carbocycles. The van der Waals surface area contributed by atoms with E-state index in [1.54, 1.807) is 0 Å². The summed E-state index contributed by atoms with van der Waals surface area (Å²) in [6.07, 6.45) is 1.47. The van der Waals surface area contributed by atoms with Gasteiger partial charge in [0, 0.05) is 22.8 Å². The van der Waals surface area contributed by atoms with E-state index in [1.807, 2.05) is 39.6 Å². The molecule has 28 heavy (non-hydrogen) atoms. The van der Waals surface area contributed by atoms with Crippen molar-refractivity contribution in [1.29, 1.82) is 0 Å². The fourth-order valence-corrected chi connectivity index (χ4v) is 3.77. The molecule has 3 aromatic rings. The van der Waals surface area contributed by atoms with E-state index in [-0.39, 0.29) is 17.0 Å². The first kappa shape index (κ1) is 18.5. The van der Waals surface area contributed by atoms with Crippen LogP contribution in [0.5, 0.6) is 0 Å². The molecule has 0 saturated heterocycles. The molecule has 0 amide bonds. The van der Waals surface area contributed by atoms with Gasteiger partial charge in [0.15, 0.2) is 5.43 Å². The Balaban J connectivity index is 1.93. The van der Waals surface area contributed by atoms with E-state index in [2.05, 4.69) is 20.8 Å². The summed E-state index contributed by atoms with van der Waals surface area (Å²) in [5, 5.41) is 14.8. The van der Waals surface area contributed by atoms with Gasteiger partial charge in [0.25, 0.3) is 0 Å². The fraction of sp³-hybridized carbons (Fsp3) is 0.286. The number of hydrogen-bond acceptors (Lipinski definition) is 3. The highest BCUT2D eigenvalue weighted by atomic mass is 35.5. The molecule has 1 aliphatic rings. The van der Waals surface area contributed by atoms with Crippen molar-refractivity contribution in [1.82, 2.24) is 14.3 Å². The van der Waals surface area contributed by atoms with Crippen LogP contribution in [0, 0.1) is 5.41 Å². The lowest BCUT2D eigenvalue weighted by molar-refractivity contribution is 0.0693. The van der Waals surface area contributed by atoms with Crippen molar-refractivity contribution < 1.29 is 9.90 Å². The number of carboxylic acid groups (broad SMARTS) is 1. The highest BCUT2D eigenvalue weighted by Crippen LogP contribution is 2.40. The summed E-state index contributed by atoms with van der Waals surface area (Å²) in [6.45, 7) is 6.86. The SMILES string of the molecule is CC(C)(C)[C@@H]1Cn2nc(-c3ccc(Cl)cc3)cc2-c2cc(=O)c(C(=O)O)cn21. The van der Waals surface area contributed by atoms with Gasteiger partial charge >= 0.3 is 5.97 Å². The molecule has 7 heteroatoms. The highest BCUT2D eigenvalue weighted by molar-refractivity contribution is 6.30. The van der Waals surface area contributed by atoms with Crippen LogP contribution in [0.15, 0.2) is 47.4 Å². The van der Waals surface area contributed by atoms with Gasteiger partial charge in [0.05, 0.1) is 29.7 Å². The van der Waals surface area contributed by atoms with Crippen molar-refractivity contribution in [2.45, 2.75) is 33.4 Å². The third-order valence-electron chi connectivity index (χ3n) is 5.17. The van der Waals surface area contributed by atoms with Crippen LogP contribution in [0.4, 0.5) is 0 Å². The molecule has 0 spiro atoms. The second kappa shape index (κ2) is 6.34. The average Bonchev–Trinajstić information content (AvgIpc) is 3.04. The Kier molecular flexibility index (Phi) is 4.19. The van der Waals surface area contributed by atoms with E-state index in [1.165, 1.54) is 12.3 Å². The van der Waals surface area contributed by atoms with E-state index in [9.17, 15) is 14.7 Å². The summed E-state index contributed by atoms with van der Waals surface area (Å²) >= 11 is 5.98. The number of carboxylic acids is 1. The quantitative estimate of drug-likeness (QED) is 0.698. The number of pyridine rings is 1. The van der Waals surface area contributed by atoms with Crippen LogP contribution >= 0.6 is 11.6 Å². The molecular formula is C21H20ClN3O3. The van der Waals surface area contributed by atoms with Gasteiger partial charge in [0.1, 0.15) is 5.56 Å². The lowest BCUT2D eigenvalue weighted by Crippen LogP contribution is -2.35.